The summed E-state index contributed by atoms with van der Waals surface area (Å²) in [7, 11) is 1.51. The van der Waals surface area contributed by atoms with E-state index in [0.29, 0.717) is 41.8 Å². The fourth-order valence-corrected chi connectivity index (χ4v) is 2.84. The molecular weight excluding hydrogens is 350 g/mol. The maximum atomic E-state index is 12.7. The highest BCUT2D eigenvalue weighted by Gasteiger charge is 2.16. The average molecular weight is 371 g/mol. The number of pyridine rings is 1. The third-order valence-electron chi connectivity index (χ3n) is 4.09. The fourth-order valence-electron chi connectivity index (χ4n) is 2.84. The van der Waals surface area contributed by atoms with Crippen molar-refractivity contribution < 1.29 is 19.3 Å². The van der Waals surface area contributed by atoms with Crippen LogP contribution in [-0.4, -0.2) is 34.8 Å². The van der Waals surface area contributed by atoms with E-state index < -0.39 is 6.61 Å². The Bertz CT molecular complexity index is 1030. The van der Waals surface area contributed by atoms with Gasteiger partial charge in [-0.3, -0.25) is 9.20 Å². The van der Waals surface area contributed by atoms with E-state index in [1.807, 2.05) is 0 Å². The maximum Gasteiger partial charge on any atom is 0.265 e. The molecule has 8 heteroatoms. The lowest BCUT2D eigenvalue weighted by Crippen LogP contribution is -2.22. The normalized spacial score (nSPS) is 12.4. The van der Waals surface area contributed by atoms with Crippen molar-refractivity contribution in [3.05, 3.63) is 52.4 Å². The molecule has 1 aliphatic heterocycles. The summed E-state index contributed by atoms with van der Waals surface area (Å²) >= 11 is 0. The third kappa shape index (κ3) is 3.26. The molecule has 4 rings (SSSR count). The van der Waals surface area contributed by atoms with Crippen molar-refractivity contribution in [2.24, 2.45) is 0 Å². The number of hydrogen-bond donors (Lipinski definition) is 2. The van der Waals surface area contributed by atoms with E-state index in [2.05, 4.69) is 10.3 Å². The van der Waals surface area contributed by atoms with E-state index >= 15 is 0 Å². The van der Waals surface area contributed by atoms with E-state index in [-0.39, 0.29) is 24.4 Å². The number of ether oxygens (including phenoxy) is 3. The molecule has 2 aromatic heterocycles. The molecule has 0 saturated carbocycles. The van der Waals surface area contributed by atoms with Crippen LogP contribution in [-0.2, 0) is 6.61 Å². The Morgan fingerprint density at radius 2 is 2.04 bits per heavy atom. The van der Waals surface area contributed by atoms with Crippen LogP contribution in [0.2, 0.25) is 0 Å². The van der Waals surface area contributed by atoms with Crippen LogP contribution in [0.5, 0.6) is 17.2 Å². The highest BCUT2D eigenvalue weighted by atomic mass is 16.6. The zero-order chi connectivity index (χ0) is 18.1. The molecule has 0 aliphatic carbocycles. The third-order valence-corrected chi connectivity index (χ3v) is 4.09. The van der Waals surface area contributed by atoms with Crippen LogP contribution in [0, 0.1) is 0 Å². The largest absolute Gasteiger partial charge is 0.493 e. The minimum absolute atomic E-state index is 0. The Balaban J connectivity index is 0.00000210. The summed E-state index contributed by atoms with van der Waals surface area (Å²) in [4.78, 5) is 17.2. The number of aliphatic hydroxyl groups excluding tert-OH is 1. The van der Waals surface area contributed by atoms with Gasteiger partial charge in [-0.2, -0.15) is 0 Å². The van der Waals surface area contributed by atoms with E-state index in [1.54, 1.807) is 36.5 Å². The number of aromatic nitrogens is 2. The van der Waals surface area contributed by atoms with Crippen LogP contribution >= 0.6 is 0 Å². The second-order valence-corrected chi connectivity index (χ2v) is 5.66. The summed E-state index contributed by atoms with van der Waals surface area (Å²) in [5.74, 6) is 2.00. The zero-order valence-electron chi connectivity index (χ0n) is 14.1. The van der Waals surface area contributed by atoms with Gasteiger partial charge in [-0.15, -0.1) is 0 Å². The number of aliphatic hydroxyl groups is 1. The van der Waals surface area contributed by atoms with Crippen molar-refractivity contribution in [2.75, 3.05) is 25.6 Å². The Morgan fingerprint density at radius 1 is 1.26 bits per heavy atom. The first-order valence-electron chi connectivity index (χ1n) is 8.07. The summed E-state index contributed by atoms with van der Waals surface area (Å²) < 4.78 is 17.7. The molecule has 1 aliphatic rings. The molecule has 0 amide bonds. The molecule has 142 valence electrons. The second-order valence-electron chi connectivity index (χ2n) is 5.66. The van der Waals surface area contributed by atoms with Crippen LogP contribution < -0.4 is 25.1 Å². The van der Waals surface area contributed by atoms with E-state index in [0.717, 1.165) is 0 Å². The van der Waals surface area contributed by atoms with Gasteiger partial charge in [0.05, 0.1) is 19.3 Å². The fraction of sp³-hybridized carbons (Fsp3) is 0.263. The highest BCUT2D eigenvalue weighted by Crippen LogP contribution is 2.33. The lowest BCUT2D eigenvalue weighted by Gasteiger charge is -2.19. The molecule has 2 N–H and O–H groups in total. The molecule has 0 radical (unpaired) electrons. The van der Waals surface area contributed by atoms with Gasteiger partial charge in [0.1, 0.15) is 19.0 Å². The quantitative estimate of drug-likeness (QED) is 0.727. The first kappa shape index (κ1) is 18.5. The minimum atomic E-state index is -0.446. The molecule has 0 unspecified atom stereocenters. The van der Waals surface area contributed by atoms with Gasteiger partial charge in [0.25, 0.3) is 5.56 Å². The Labute approximate surface area is 156 Å². The number of nitrogens with one attached hydrogen (secondary N) is 1. The Kier molecular flexibility index (Phi) is 5.18. The summed E-state index contributed by atoms with van der Waals surface area (Å²) in [6.07, 6.45) is 1.58. The zero-order valence-corrected chi connectivity index (χ0v) is 14.1. The molecule has 0 bridgehead atoms. The lowest BCUT2D eigenvalue weighted by atomic mass is 10.2. The number of methoxy groups -OCH3 is 1. The Hall–Kier alpha value is -3.26. The molecule has 8 nitrogen and oxygen atoms in total. The van der Waals surface area contributed by atoms with E-state index in [9.17, 15) is 9.90 Å². The number of nitrogens with zero attached hydrogens (tertiary/aromatic N) is 2. The second kappa shape index (κ2) is 7.55. The van der Waals surface area contributed by atoms with Crippen molar-refractivity contribution in [3.8, 4) is 17.2 Å². The Morgan fingerprint density at radius 3 is 2.78 bits per heavy atom. The first-order chi connectivity index (χ1) is 12.7. The number of rotatable bonds is 4. The van der Waals surface area contributed by atoms with E-state index in [1.165, 1.54) is 11.5 Å². The van der Waals surface area contributed by atoms with Crippen molar-refractivity contribution >= 4 is 17.2 Å². The van der Waals surface area contributed by atoms with Crippen LogP contribution in [0.1, 0.15) is 13.0 Å². The van der Waals surface area contributed by atoms with Gasteiger partial charge in [-0.25, -0.2) is 4.98 Å². The highest BCUT2D eigenvalue weighted by molar-refractivity contribution is 5.66. The summed E-state index contributed by atoms with van der Waals surface area (Å²) in [6, 6.07) is 8.74. The van der Waals surface area contributed by atoms with Crippen LogP contribution in [0.25, 0.3) is 5.65 Å². The molecule has 0 saturated heterocycles. The molecule has 1 aromatic carbocycles. The predicted octanol–water partition coefficient (Wildman–Crippen LogP) is 2.35. The maximum absolute atomic E-state index is 12.7. The molecule has 3 heterocycles. The number of benzene rings is 1. The number of anilines is 2. The van der Waals surface area contributed by atoms with Crippen molar-refractivity contribution in [3.63, 3.8) is 0 Å². The molecule has 0 atom stereocenters. The van der Waals surface area contributed by atoms with Crippen molar-refractivity contribution in [1.82, 2.24) is 9.38 Å². The van der Waals surface area contributed by atoms with Crippen LogP contribution in [0.3, 0.4) is 0 Å². The minimum Gasteiger partial charge on any atom is -0.493 e. The van der Waals surface area contributed by atoms with Crippen LogP contribution in [0.4, 0.5) is 11.5 Å². The van der Waals surface area contributed by atoms with Gasteiger partial charge >= 0.3 is 0 Å². The van der Waals surface area contributed by atoms with Gasteiger partial charge in [0.2, 0.25) is 0 Å². The predicted molar refractivity (Wildman–Crippen MR) is 101 cm³/mol. The molecular formula is C19H21N3O5. The number of fused-ring (bicyclic) bond motifs is 2. The standard InChI is InChI=1S/C18H17N3O5.CH4/c1-24-14-3-2-6-21-17(14)20-16(12(10-22)18(21)23)19-11-4-5-13-15(9-11)26-8-7-25-13;/h2-6,9,19,22H,7-8,10H2,1H3;1H4. The van der Waals surface area contributed by atoms with Gasteiger partial charge in [0, 0.05) is 18.0 Å². The SMILES string of the molecule is C.COc1cccn2c(=O)c(CO)c(Nc3ccc4c(c3)OCCO4)nc12. The summed E-state index contributed by atoms with van der Waals surface area (Å²) in [5.41, 5.74) is 0.814. The van der Waals surface area contributed by atoms with Gasteiger partial charge in [0.15, 0.2) is 22.9 Å². The summed E-state index contributed by atoms with van der Waals surface area (Å²) in [6.45, 7) is 0.543. The average Bonchev–Trinajstić information content (AvgIpc) is 2.68. The van der Waals surface area contributed by atoms with Crippen molar-refractivity contribution in [2.45, 2.75) is 14.0 Å². The van der Waals surface area contributed by atoms with E-state index in [4.69, 9.17) is 14.2 Å². The molecule has 0 spiro atoms. The van der Waals surface area contributed by atoms with Gasteiger partial charge in [-0.05, 0) is 24.3 Å². The van der Waals surface area contributed by atoms with Gasteiger partial charge < -0.3 is 24.6 Å². The summed E-state index contributed by atoms with van der Waals surface area (Å²) in [5, 5.41) is 12.8. The topological polar surface area (TPSA) is 94.3 Å². The monoisotopic (exact) mass is 371 g/mol. The lowest BCUT2D eigenvalue weighted by molar-refractivity contribution is 0.171. The molecule has 27 heavy (non-hydrogen) atoms. The number of hydrogen-bond acceptors (Lipinski definition) is 7. The molecule has 3 aromatic rings. The van der Waals surface area contributed by atoms with Gasteiger partial charge in [-0.1, -0.05) is 7.43 Å². The molecule has 0 fully saturated rings. The van der Waals surface area contributed by atoms with Crippen LogP contribution in [0.15, 0.2) is 41.3 Å². The van der Waals surface area contributed by atoms with Crippen molar-refractivity contribution in [1.29, 1.82) is 0 Å². The smallest absolute Gasteiger partial charge is 0.265 e. The first-order valence-corrected chi connectivity index (χ1v) is 8.07.